The highest BCUT2D eigenvalue weighted by atomic mass is 19.1. The molecule has 1 aromatic heterocycles. The van der Waals surface area contributed by atoms with Gasteiger partial charge in [-0.3, -0.25) is 0 Å². The van der Waals surface area contributed by atoms with Crippen molar-refractivity contribution in [3.8, 4) is 5.75 Å². The molecular weight excluding hydrogens is 299 g/mol. The zero-order chi connectivity index (χ0) is 16.1. The van der Waals surface area contributed by atoms with Crippen LogP contribution in [0, 0.1) is 5.95 Å². The number of hydrogen-bond acceptors (Lipinski definition) is 4. The van der Waals surface area contributed by atoms with Crippen molar-refractivity contribution in [2.75, 3.05) is 13.2 Å². The normalized spacial score (nSPS) is 16.6. The zero-order valence-corrected chi connectivity index (χ0v) is 12.5. The third-order valence-corrected chi connectivity index (χ3v) is 3.73. The van der Waals surface area contributed by atoms with Crippen LogP contribution >= 0.6 is 0 Å². The molecule has 0 bridgehead atoms. The number of likely N-dealkylation sites (tertiary alicyclic amines) is 1. The molecule has 0 spiro atoms. The van der Waals surface area contributed by atoms with Gasteiger partial charge in [-0.25, -0.2) is 9.78 Å². The summed E-state index contributed by atoms with van der Waals surface area (Å²) in [5.74, 6) is -0.0667. The second-order valence-corrected chi connectivity index (χ2v) is 5.30. The first kappa shape index (κ1) is 15.3. The smallest absolute Gasteiger partial charge is 0.410 e. The number of halogens is 1. The van der Waals surface area contributed by atoms with Crippen LogP contribution in [0.25, 0.3) is 0 Å². The van der Waals surface area contributed by atoms with E-state index in [1.165, 1.54) is 18.3 Å². The van der Waals surface area contributed by atoms with Crippen molar-refractivity contribution in [1.82, 2.24) is 9.88 Å². The molecule has 2 heterocycles. The molecular formula is C17H17FN2O3. The Morgan fingerprint density at radius 2 is 2.09 bits per heavy atom. The predicted molar refractivity (Wildman–Crippen MR) is 81.4 cm³/mol. The van der Waals surface area contributed by atoms with Gasteiger partial charge in [0.1, 0.15) is 19.0 Å². The molecule has 0 unspecified atom stereocenters. The first-order valence-corrected chi connectivity index (χ1v) is 7.44. The van der Waals surface area contributed by atoms with E-state index in [4.69, 9.17) is 9.47 Å². The maximum atomic E-state index is 12.7. The van der Waals surface area contributed by atoms with Crippen LogP contribution in [0.5, 0.6) is 5.75 Å². The fourth-order valence-corrected chi connectivity index (χ4v) is 2.30. The average molecular weight is 316 g/mol. The van der Waals surface area contributed by atoms with Crippen LogP contribution in [0.3, 0.4) is 0 Å². The van der Waals surface area contributed by atoms with E-state index in [-0.39, 0.29) is 18.7 Å². The molecule has 0 radical (unpaired) electrons. The number of ether oxygens (including phenoxy) is 2. The number of aromatic nitrogens is 1. The Kier molecular flexibility index (Phi) is 4.71. The number of nitrogens with zero attached hydrogens (tertiary/aromatic N) is 2. The second kappa shape index (κ2) is 7.09. The summed E-state index contributed by atoms with van der Waals surface area (Å²) in [5.41, 5.74) is 0.951. The van der Waals surface area contributed by atoms with Crippen molar-refractivity contribution in [2.24, 2.45) is 0 Å². The van der Waals surface area contributed by atoms with Crippen LogP contribution < -0.4 is 4.74 Å². The van der Waals surface area contributed by atoms with Gasteiger partial charge in [0.15, 0.2) is 0 Å². The molecule has 1 fully saturated rings. The van der Waals surface area contributed by atoms with Crippen molar-refractivity contribution < 1.29 is 18.7 Å². The topological polar surface area (TPSA) is 51.7 Å². The molecule has 0 saturated carbocycles. The maximum absolute atomic E-state index is 12.7. The number of pyridine rings is 1. The standard InChI is InChI=1S/C17H17FN2O3/c18-16-7-6-15(10-19-16)22-12-14-8-9-20(14)17(21)23-11-13-4-2-1-3-5-13/h1-7,10,14H,8-9,11-12H2/t14-/m1/s1. The van der Waals surface area contributed by atoms with Gasteiger partial charge in [0.05, 0.1) is 12.2 Å². The van der Waals surface area contributed by atoms with Crippen LogP contribution in [-0.2, 0) is 11.3 Å². The summed E-state index contributed by atoms with van der Waals surface area (Å²) in [6.45, 7) is 1.25. The quantitative estimate of drug-likeness (QED) is 0.796. The van der Waals surface area contributed by atoms with Crippen molar-refractivity contribution in [1.29, 1.82) is 0 Å². The van der Waals surface area contributed by atoms with Gasteiger partial charge in [-0.05, 0) is 24.1 Å². The van der Waals surface area contributed by atoms with Gasteiger partial charge in [0.2, 0.25) is 5.95 Å². The van der Waals surface area contributed by atoms with E-state index in [9.17, 15) is 9.18 Å². The predicted octanol–water partition coefficient (Wildman–Crippen LogP) is 3.01. The second-order valence-electron chi connectivity index (χ2n) is 5.30. The Bertz CT molecular complexity index is 649. The molecule has 1 amide bonds. The lowest BCUT2D eigenvalue weighted by molar-refractivity contribution is 0.0259. The van der Waals surface area contributed by atoms with Crippen LogP contribution in [0.15, 0.2) is 48.7 Å². The van der Waals surface area contributed by atoms with Crippen molar-refractivity contribution in [3.63, 3.8) is 0 Å². The number of rotatable bonds is 5. The molecule has 120 valence electrons. The van der Waals surface area contributed by atoms with Gasteiger partial charge in [-0.1, -0.05) is 30.3 Å². The van der Waals surface area contributed by atoms with E-state index in [2.05, 4.69) is 4.98 Å². The Balaban J connectivity index is 1.45. The molecule has 3 rings (SSSR count). The third-order valence-electron chi connectivity index (χ3n) is 3.73. The lowest BCUT2D eigenvalue weighted by atomic mass is 10.1. The van der Waals surface area contributed by atoms with E-state index in [0.29, 0.717) is 18.9 Å². The Morgan fingerprint density at radius 1 is 1.26 bits per heavy atom. The summed E-state index contributed by atoms with van der Waals surface area (Å²) in [6, 6.07) is 12.3. The lowest BCUT2D eigenvalue weighted by Crippen LogP contribution is -2.54. The summed E-state index contributed by atoms with van der Waals surface area (Å²) in [4.78, 5) is 17.2. The fourth-order valence-electron chi connectivity index (χ4n) is 2.30. The van der Waals surface area contributed by atoms with Crippen LogP contribution in [0.4, 0.5) is 9.18 Å². The number of amides is 1. The molecule has 2 aromatic rings. The first-order valence-electron chi connectivity index (χ1n) is 7.44. The first-order chi connectivity index (χ1) is 11.2. The van der Waals surface area contributed by atoms with Gasteiger partial charge < -0.3 is 14.4 Å². The monoisotopic (exact) mass is 316 g/mol. The van der Waals surface area contributed by atoms with Gasteiger partial charge in [-0.2, -0.15) is 4.39 Å². The molecule has 5 nitrogen and oxygen atoms in total. The number of carbonyl (C=O) groups excluding carboxylic acids is 1. The maximum Gasteiger partial charge on any atom is 0.410 e. The van der Waals surface area contributed by atoms with E-state index >= 15 is 0 Å². The largest absolute Gasteiger partial charge is 0.490 e. The third kappa shape index (κ3) is 3.97. The Labute approximate surface area is 133 Å². The van der Waals surface area contributed by atoms with Crippen molar-refractivity contribution in [3.05, 3.63) is 60.2 Å². The number of benzene rings is 1. The minimum absolute atomic E-state index is 0.0247. The van der Waals surface area contributed by atoms with Crippen molar-refractivity contribution in [2.45, 2.75) is 19.1 Å². The number of carbonyl (C=O) groups is 1. The molecule has 0 aliphatic carbocycles. The lowest BCUT2D eigenvalue weighted by Gasteiger charge is -2.39. The molecule has 1 aliphatic heterocycles. The van der Waals surface area contributed by atoms with E-state index < -0.39 is 5.95 Å². The number of hydrogen-bond donors (Lipinski definition) is 0. The summed E-state index contributed by atoms with van der Waals surface area (Å²) in [6.07, 6.45) is 1.84. The SMILES string of the molecule is O=C(OCc1ccccc1)N1CC[C@@H]1COc1ccc(F)nc1. The average Bonchev–Trinajstić information content (AvgIpc) is 2.55. The van der Waals surface area contributed by atoms with Crippen LogP contribution in [-0.4, -0.2) is 35.2 Å². The highest BCUT2D eigenvalue weighted by molar-refractivity contribution is 5.69. The highest BCUT2D eigenvalue weighted by Crippen LogP contribution is 2.20. The minimum atomic E-state index is -0.549. The summed E-state index contributed by atoms with van der Waals surface area (Å²) >= 11 is 0. The van der Waals surface area contributed by atoms with Gasteiger partial charge >= 0.3 is 6.09 Å². The minimum Gasteiger partial charge on any atom is -0.490 e. The van der Waals surface area contributed by atoms with Crippen molar-refractivity contribution >= 4 is 6.09 Å². The summed E-state index contributed by atoms with van der Waals surface area (Å²) < 4.78 is 23.5. The summed E-state index contributed by atoms with van der Waals surface area (Å²) in [7, 11) is 0. The van der Waals surface area contributed by atoms with E-state index in [0.717, 1.165) is 12.0 Å². The van der Waals surface area contributed by atoms with Gasteiger partial charge in [-0.15, -0.1) is 0 Å². The molecule has 1 aliphatic rings. The van der Waals surface area contributed by atoms with E-state index in [1.54, 1.807) is 4.90 Å². The Hall–Kier alpha value is -2.63. The molecule has 1 atom stereocenters. The molecule has 0 N–H and O–H groups in total. The summed E-state index contributed by atoms with van der Waals surface area (Å²) in [5, 5.41) is 0. The van der Waals surface area contributed by atoms with Gasteiger partial charge in [0, 0.05) is 6.54 Å². The van der Waals surface area contributed by atoms with Gasteiger partial charge in [0.25, 0.3) is 0 Å². The molecule has 6 heteroatoms. The molecule has 1 saturated heterocycles. The molecule has 23 heavy (non-hydrogen) atoms. The fraction of sp³-hybridized carbons (Fsp3) is 0.294. The highest BCUT2D eigenvalue weighted by Gasteiger charge is 2.33. The van der Waals surface area contributed by atoms with E-state index in [1.807, 2.05) is 30.3 Å². The van der Waals surface area contributed by atoms with Crippen LogP contribution in [0.1, 0.15) is 12.0 Å². The zero-order valence-electron chi connectivity index (χ0n) is 12.5. The van der Waals surface area contributed by atoms with Crippen LogP contribution in [0.2, 0.25) is 0 Å². The Morgan fingerprint density at radius 3 is 2.74 bits per heavy atom. The molecule has 1 aromatic carbocycles.